The van der Waals surface area contributed by atoms with Crippen LogP contribution < -0.4 is 0 Å². The molecule has 4 atom stereocenters. The zero-order chi connectivity index (χ0) is 25.8. The van der Waals surface area contributed by atoms with Gasteiger partial charge in [0.25, 0.3) is 0 Å². The number of hydrogen-bond donors (Lipinski definition) is 1. The second kappa shape index (κ2) is 14.3. The number of aliphatic hydroxyl groups is 1. The molecule has 0 aliphatic carbocycles. The standard InChI is InChI=1S/C31H40O5/c1-24(32)20-34-26(3)23-35-25(2)21-33-22-27(4)36-31(28-14-8-5-9-15-28,29-16-10-6-11-17-29)30-18-12-7-13-19-30/h5-19,24-27,32H,20-23H2,1-4H3. The van der Waals surface area contributed by atoms with Crippen LogP contribution in [0.15, 0.2) is 91.0 Å². The average Bonchev–Trinajstić information content (AvgIpc) is 2.91. The van der Waals surface area contributed by atoms with Crippen molar-refractivity contribution >= 4 is 0 Å². The average molecular weight is 493 g/mol. The van der Waals surface area contributed by atoms with Crippen LogP contribution in [0.3, 0.4) is 0 Å². The molecule has 0 spiro atoms. The molecule has 0 aromatic heterocycles. The molecule has 3 aromatic carbocycles. The molecule has 3 aromatic rings. The summed E-state index contributed by atoms with van der Waals surface area (Å²) in [5.41, 5.74) is 2.43. The van der Waals surface area contributed by atoms with Gasteiger partial charge in [0.05, 0.1) is 50.8 Å². The Kier molecular flexibility index (Phi) is 11.1. The smallest absolute Gasteiger partial charge is 0.144 e. The Bertz CT molecular complexity index is 881. The second-order valence-electron chi connectivity index (χ2n) is 9.38. The van der Waals surface area contributed by atoms with E-state index in [2.05, 4.69) is 36.4 Å². The highest BCUT2D eigenvalue weighted by Gasteiger charge is 2.39. The van der Waals surface area contributed by atoms with Crippen molar-refractivity contribution in [1.82, 2.24) is 0 Å². The lowest BCUT2D eigenvalue weighted by molar-refractivity contribution is -0.0989. The van der Waals surface area contributed by atoms with Gasteiger partial charge in [0.2, 0.25) is 0 Å². The molecule has 0 saturated carbocycles. The highest BCUT2D eigenvalue weighted by molar-refractivity contribution is 5.47. The van der Waals surface area contributed by atoms with Gasteiger partial charge >= 0.3 is 0 Å². The van der Waals surface area contributed by atoms with Crippen molar-refractivity contribution in [3.05, 3.63) is 108 Å². The summed E-state index contributed by atoms with van der Waals surface area (Å²) in [4.78, 5) is 0. The van der Waals surface area contributed by atoms with E-state index in [4.69, 9.17) is 18.9 Å². The molecule has 1 N–H and O–H groups in total. The van der Waals surface area contributed by atoms with Crippen LogP contribution in [0, 0.1) is 0 Å². The van der Waals surface area contributed by atoms with Crippen LogP contribution in [0.5, 0.6) is 0 Å². The van der Waals surface area contributed by atoms with E-state index in [1.165, 1.54) is 0 Å². The summed E-state index contributed by atoms with van der Waals surface area (Å²) in [6.07, 6.45) is -0.847. The molecule has 5 heteroatoms. The van der Waals surface area contributed by atoms with Gasteiger partial charge in [-0.25, -0.2) is 0 Å². The summed E-state index contributed by atoms with van der Waals surface area (Å²) in [5.74, 6) is 0. The van der Waals surface area contributed by atoms with Gasteiger partial charge < -0.3 is 24.1 Å². The fourth-order valence-corrected chi connectivity index (χ4v) is 4.16. The van der Waals surface area contributed by atoms with Gasteiger partial charge in [0, 0.05) is 0 Å². The van der Waals surface area contributed by atoms with Crippen LogP contribution in [0.4, 0.5) is 0 Å². The predicted octanol–water partition coefficient (Wildman–Crippen LogP) is 5.59. The maximum absolute atomic E-state index is 9.35. The van der Waals surface area contributed by atoms with Crippen LogP contribution in [0.25, 0.3) is 0 Å². The van der Waals surface area contributed by atoms with Crippen molar-refractivity contribution in [3.63, 3.8) is 0 Å². The molecule has 36 heavy (non-hydrogen) atoms. The van der Waals surface area contributed by atoms with E-state index in [1.54, 1.807) is 6.92 Å². The van der Waals surface area contributed by atoms with Gasteiger partial charge in [-0.3, -0.25) is 0 Å². The van der Waals surface area contributed by atoms with Crippen molar-refractivity contribution in [2.75, 3.05) is 26.4 Å². The van der Waals surface area contributed by atoms with Crippen LogP contribution in [-0.2, 0) is 24.5 Å². The first-order chi connectivity index (χ1) is 17.4. The number of ether oxygens (including phenoxy) is 4. The van der Waals surface area contributed by atoms with E-state index >= 15 is 0 Å². The molecule has 0 heterocycles. The first-order valence-electron chi connectivity index (χ1n) is 12.7. The quantitative estimate of drug-likeness (QED) is 0.280. The summed E-state index contributed by atoms with van der Waals surface area (Å²) in [6, 6.07) is 31.0. The predicted molar refractivity (Wildman–Crippen MR) is 143 cm³/mol. The number of aliphatic hydroxyl groups excluding tert-OH is 1. The molecule has 0 aliphatic heterocycles. The molecule has 5 nitrogen and oxygen atoms in total. The first-order valence-corrected chi connectivity index (χ1v) is 12.7. The Morgan fingerprint density at radius 2 is 0.944 bits per heavy atom. The summed E-state index contributed by atoms with van der Waals surface area (Å²) < 4.78 is 24.3. The molecule has 0 amide bonds. The Labute approximate surface area is 216 Å². The Morgan fingerprint density at radius 1 is 0.556 bits per heavy atom. The van der Waals surface area contributed by atoms with Crippen molar-refractivity contribution in [2.45, 2.75) is 57.7 Å². The van der Waals surface area contributed by atoms with Gasteiger partial charge in [0.15, 0.2) is 0 Å². The van der Waals surface area contributed by atoms with Crippen molar-refractivity contribution in [1.29, 1.82) is 0 Å². The number of benzene rings is 3. The SMILES string of the molecule is CC(O)COC(C)COC(C)COCC(C)OC(c1ccccc1)(c1ccccc1)c1ccccc1. The lowest BCUT2D eigenvalue weighted by atomic mass is 9.80. The fourth-order valence-electron chi connectivity index (χ4n) is 4.16. The summed E-state index contributed by atoms with van der Waals surface area (Å²) in [7, 11) is 0. The van der Waals surface area contributed by atoms with Crippen molar-refractivity contribution in [2.24, 2.45) is 0 Å². The summed E-state index contributed by atoms with van der Waals surface area (Å²) in [6.45, 7) is 9.29. The van der Waals surface area contributed by atoms with E-state index in [1.807, 2.05) is 75.4 Å². The molecule has 3 rings (SSSR count). The second-order valence-corrected chi connectivity index (χ2v) is 9.38. The Morgan fingerprint density at radius 3 is 1.39 bits per heavy atom. The van der Waals surface area contributed by atoms with E-state index in [0.29, 0.717) is 26.4 Å². The van der Waals surface area contributed by atoms with Crippen molar-refractivity contribution < 1.29 is 24.1 Å². The lowest BCUT2D eigenvalue weighted by Gasteiger charge is -2.38. The van der Waals surface area contributed by atoms with E-state index in [0.717, 1.165) is 16.7 Å². The summed E-state index contributed by atoms with van der Waals surface area (Å²) in [5, 5.41) is 9.35. The van der Waals surface area contributed by atoms with Gasteiger partial charge in [-0.1, -0.05) is 91.0 Å². The Balaban J connectivity index is 1.68. The van der Waals surface area contributed by atoms with Crippen molar-refractivity contribution in [3.8, 4) is 0 Å². The summed E-state index contributed by atoms with van der Waals surface area (Å²) >= 11 is 0. The fraction of sp³-hybridized carbons (Fsp3) is 0.419. The maximum atomic E-state index is 9.35. The normalized spacial score (nSPS) is 15.2. The molecule has 0 saturated heterocycles. The van der Waals surface area contributed by atoms with Gasteiger partial charge in [0.1, 0.15) is 5.60 Å². The Hall–Kier alpha value is -2.54. The lowest BCUT2D eigenvalue weighted by Crippen LogP contribution is -2.38. The molecular formula is C31H40O5. The van der Waals surface area contributed by atoms with E-state index < -0.39 is 11.7 Å². The van der Waals surface area contributed by atoms with Crippen LogP contribution in [-0.4, -0.2) is 55.9 Å². The van der Waals surface area contributed by atoms with Gasteiger partial charge in [-0.15, -0.1) is 0 Å². The maximum Gasteiger partial charge on any atom is 0.144 e. The molecule has 0 radical (unpaired) electrons. The zero-order valence-electron chi connectivity index (χ0n) is 21.9. The third-order valence-corrected chi connectivity index (χ3v) is 5.86. The van der Waals surface area contributed by atoms with E-state index in [-0.39, 0.29) is 18.3 Å². The van der Waals surface area contributed by atoms with E-state index in [9.17, 15) is 5.11 Å². The largest absolute Gasteiger partial charge is 0.391 e. The molecular weight excluding hydrogens is 452 g/mol. The monoisotopic (exact) mass is 492 g/mol. The molecule has 0 bridgehead atoms. The minimum atomic E-state index is -0.773. The zero-order valence-corrected chi connectivity index (χ0v) is 21.9. The third-order valence-electron chi connectivity index (χ3n) is 5.86. The highest BCUT2D eigenvalue weighted by atomic mass is 16.6. The topological polar surface area (TPSA) is 57.2 Å². The highest BCUT2D eigenvalue weighted by Crippen LogP contribution is 2.41. The van der Waals surface area contributed by atoms with Crippen LogP contribution in [0.2, 0.25) is 0 Å². The number of hydrogen-bond acceptors (Lipinski definition) is 5. The third kappa shape index (κ3) is 7.99. The van der Waals surface area contributed by atoms with Crippen LogP contribution >= 0.6 is 0 Å². The van der Waals surface area contributed by atoms with Crippen LogP contribution in [0.1, 0.15) is 44.4 Å². The minimum Gasteiger partial charge on any atom is -0.391 e. The molecule has 194 valence electrons. The molecule has 4 unspecified atom stereocenters. The minimum absolute atomic E-state index is 0.0862. The molecule has 0 aliphatic rings. The first kappa shape index (κ1) is 28.0. The molecule has 0 fully saturated rings. The van der Waals surface area contributed by atoms with Gasteiger partial charge in [-0.05, 0) is 44.4 Å². The number of rotatable bonds is 15. The van der Waals surface area contributed by atoms with Gasteiger partial charge in [-0.2, -0.15) is 0 Å².